The SMILES string of the molecule is CCCNC(c1cc(C)nc(C)c1)c1ccc(Cl)cc1F. The van der Waals surface area contributed by atoms with Gasteiger partial charge < -0.3 is 5.32 Å². The van der Waals surface area contributed by atoms with Crippen molar-refractivity contribution in [1.29, 1.82) is 0 Å². The molecular formula is C17H20ClFN2. The van der Waals surface area contributed by atoms with Crippen molar-refractivity contribution in [2.24, 2.45) is 0 Å². The maximum Gasteiger partial charge on any atom is 0.129 e. The van der Waals surface area contributed by atoms with Crippen LogP contribution in [0.2, 0.25) is 5.02 Å². The predicted molar refractivity (Wildman–Crippen MR) is 85.3 cm³/mol. The van der Waals surface area contributed by atoms with Crippen LogP contribution in [-0.2, 0) is 0 Å². The van der Waals surface area contributed by atoms with Crippen LogP contribution in [0.5, 0.6) is 0 Å². The van der Waals surface area contributed by atoms with Gasteiger partial charge in [0.05, 0.1) is 6.04 Å². The highest BCUT2D eigenvalue weighted by molar-refractivity contribution is 6.30. The molecule has 2 rings (SSSR count). The Kier molecular flexibility index (Phi) is 5.32. The van der Waals surface area contributed by atoms with Gasteiger partial charge in [0.15, 0.2) is 0 Å². The van der Waals surface area contributed by atoms with Crippen molar-refractivity contribution in [3.63, 3.8) is 0 Å². The lowest BCUT2D eigenvalue weighted by molar-refractivity contribution is 0.546. The molecule has 2 aromatic rings. The van der Waals surface area contributed by atoms with E-state index in [0.29, 0.717) is 10.6 Å². The molecule has 1 unspecified atom stereocenters. The fraction of sp³-hybridized carbons (Fsp3) is 0.353. The summed E-state index contributed by atoms with van der Waals surface area (Å²) in [7, 11) is 0. The predicted octanol–water partition coefficient (Wildman–Crippen LogP) is 4.58. The molecule has 0 aliphatic rings. The van der Waals surface area contributed by atoms with Gasteiger partial charge in [0, 0.05) is 22.0 Å². The summed E-state index contributed by atoms with van der Waals surface area (Å²) in [6, 6.07) is 8.63. The van der Waals surface area contributed by atoms with Gasteiger partial charge in [-0.25, -0.2) is 4.39 Å². The maximum atomic E-state index is 14.3. The third kappa shape index (κ3) is 4.02. The second-order valence-corrected chi connectivity index (χ2v) is 5.67. The molecule has 1 atom stereocenters. The lowest BCUT2D eigenvalue weighted by atomic mass is 9.97. The molecule has 1 aromatic carbocycles. The van der Waals surface area contributed by atoms with E-state index in [1.165, 1.54) is 6.07 Å². The highest BCUT2D eigenvalue weighted by Gasteiger charge is 2.18. The number of benzene rings is 1. The van der Waals surface area contributed by atoms with Gasteiger partial charge in [-0.15, -0.1) is 0 Å². The summed E-state index contributed by atoms with van der Waals surface area (Å²) in [5, 5.41) is 3.82. The van der Waals surface area contributed by atoms with Crippen LogP contribution in [0.1, 0.15) is 41.9 Å². The normalized spacial score (nSPS) is 12.4. The number of hydrogen-bond donors (Lipinski definition) is 1. The molecular weight excluding hydrogens is 287 g/mol. The number of pyridine rings is 1. The van der Waals surface area contributed by atoms with Crippen molar-refractivity contribution in [3.05, 3.63) is 63.7 Å². The zero-order valence-electron chi connectivity index (χ0n) is 12.6. The van der Waals surface area contributed by atoms with E-state index >= 15 is 0 Å². The fourth-order valence-electron chi connectivity index (χ4n) is 2.47. The largest absolute Gasteiger partial charge is 0.306 e. The minimum Gasteiger partial charge on any atom is -0.306 e. The Morgan fingerprint density at radius 1 is 1.19 bits per heavy atom. The van der Waals surface area contributed by atoms with E-state index in [0.717, 1.165) is 29.9 Å². The van der Waals surface area contributed by atoms with E-state index in [4.69, 9.17) is 11.6 Å². The Morgan fingerprint density at radius 3 is 2.43 bits per heavy atom. The van der Waals surface area contributed by atoms with Crippen molar-refractivity contribution >= 4 is 11.6 Å². The summed E-state index contributed by atoms with van der Waals surface area (Å²) in [6.07, 6.45) is 0.981. The summed E-state index contributed by atoms with van der Waals surface area (Å²) >= 11 is 5.85. The quantitative estimate of drug-likeness (QED) is 0.874. The first kappa shape index (κ1) is 15.9. The van der Waals surface area contributed by atoms with Gasteiger partial charge in [-0.1, -0.05) is 24.6 Å². The Balaban J connectivity index is 2.46. The standard InChI is InChI=1S/C17H20ClFN2/c1-4-7-20-17(13-8-11(2)21-12(3)9-13)15-6-5-14(18)10-16(15)19/h5-6,8-10,17,20H,4,7H2,1-3H3. The van der Waals surface area contributed by atoms with E-state index in [9.17, 15) is 4.39 Å². The Hall–Kier alpha value is -1.45. The second kappa shape index (κ2) is 7.01. The zero-order valence-corrected chi connectivity index (χ0v) is 13.3. The molecule has 0 spiro atoms. The number of halogens is 2. The summed E-state index contributed by atoms with van der Waals surface area (Å²) in [4.78, 5) is 4.38. The van der Waals surface area contributed by atoms with E-state index in [1.54, 1.807) is 12.1 Å². The van der Waals surface area contributed by atoms with Crippen LogP contribution in [0.25, 0.3) is 0 Å². The third-order valence-corrected chi connectivity index (χ3v) is 3.54. The molecule has 2 nitrogen and oxygen atoms in total. The molecule has 0 aliphatic heterocycles. The van der Waals surface area contributed by atoms with Crippen LogP contribution in [0.3, 0.4) is 0 Å². The molecule has 21 heavy (non-hydrogen) atoms. The van der Waals surface area contributed by atoms with Gasteiger partial charge >= 0.3 is 0 Å². The van der Waals surface area contributed by atoms with Gasteiger partial charge in [0.25, 0.3) is 0 Å². The van der Waals surface area contributed by atoms with Crippen LogP contribution in [0.15, 0.2) is 30.3 Å². The van der Waals surface area contributed by atoms with Crippen molar-refractivity contribution < 1.29 is 4.39 Å². The molecule has 0 bridgehead atoms. The van der Waals surface area contributed by atoms with Crippen molar-refractivity contribution in [2.75, 3.05) is 6.54 Å². The molecule has 0 radical (unpaired) electrons. The van der Waals surface area contributed by atoms with E-state index in [2.05, 4.69) is 17.2 Å². The summed E-state index contributed by atoms with van der Waals surface area (Å²) in [5.74, 6) is -0.289. The van der Waals surface area contributed by atoms with Gasteiger partial charge in [-0.05, 0) is 56.6 Å². The first-order valence-corrected chi connectivity index (χ1v) is 7.52. The molecule has 1 aromatic heterocycles. The van der Waals surface area contributed by atoms with E-state index in [-0.39, 0.29) is 11.9 Å². The first-order chi connectivity index (χ1) is 10.0. The fourth-order valence-corrected chi connectivity index (χ4v) is 2.62. The van der Waals surface area contributed by atoms with Gasteiger partial charge in [0.2, 0.25) is 0 Å². The number of nitrogens with one attached hydrogen (secondary N) is 1. The van der Waals surface area contributed by atoms with Gasteiger partial charge in [-0.3, -0.25) is 4.98 Å². The Morgan fingerprint density at radius 2 is 1.86 bits per heavy atom. The van der Waals surface area contributed by atoms with Gasteiger partial charge in [0.1, 0.15) is 5.82 Å². The summed E-state index contributed by atoms with van der Waals surface area (Å²) in [5.41, 5.74) is 3.50. The van der Waals surface area contributed by atoms with Crippen LogP contribution < -0.4 is 5.32 Å². The summed E-state index contributed by atoms with van der Waals surface area (Å²) in [6.45, 7) is 6.80. The third-order valence-electron chi connectivity index (χ3n) is 3.31. The smallest absolute Gasteiger partial charge is 0.129 e. The van der Waals surface area contributed by atoms with E-state index < -0.39 is 0 Å². The molecule has 0 fully saturated rings. The summed E-state index contributed by atoms with van der Waals surface area (Å²) < 4.78 is 14.3. The molecule has 0 saturated heterocycles. The average Bonchev–Trinajstić information content (AvgIpc) is 2.40. The van der Waals surface area contributed by atoms with Crippen molar-refractivity contribution in [3.8, 4) is 0 Å². The van der Waals surface area contributed by atoms with Crippen LogP contribution in [-0.4, -0.2) is 11.5 Å². The number of aromatic nitrogens is 1. The molecule has 1 heterocycles. The van der Waals surface area contributed by atoms with Crippen LogP contribution in [0.4, 0.5) is 4.39 Å². The molecule has 0 saturated carbocycles. The number of aryl methyl sites for hydroxylation is 2. The highest BCUT2D eigenvalue weighted by Crippen LogP contribution is 2.27. The minimum absolute atomic E-state index is 0.192. The molecule has 1 N–H and O–H groups in total. The molecule has 4 heteroatoms. The minimum atomic E-state index is -0.289. The molecule has 0 aliphatic carbocycles. The first-order valence-electron chi connectivity index (χ1n) is 7.14. The highest BCUT2D eigenvalue weighted by atomic mass is 35.5. The average molecular weight is 307 g/mol. The van der Waals surface area contributed by atoms with Gasteiger partial charge in [-0.2, -0.15) is 0 Å². The zero-order chi connectivity index (χ0) is 15.4. The number of rotatable bonds is 5. The van der Waals surface area contributed by atoms with Crippen LogP contribution in [0, 0.1) is 19.7 Å². The molecule has 112 valence electrons. The van der Waals surface area contributed by atoms with Crippen molar-refractivity contribution in [1.82, 2.24) is 10.3 Å². The lowest BCUT2D eigenvalue weighted by Gasteiger charge is -2.21. The molecule has 0 amide bonds. The van der Waals surface area contributed by atoms with E-state index in [1.807, 2.05) is 26.0 Å². The van der Waals surface area contributed by atoms with Crippen LogP contribution >= 0.6 is 11.6 Å². The monoisotopic (exact) mass is 306 g/mol. The second-order valence-electron chi connectivity index (χ2n) is 5.24. The topological polar surface area (TPSA) is 24.9 Å². The Bertz CT molecular complexity index is 608. The van der Waals surface area contributed by atoms with Crippen molar-refractivity contribution in [2.45, 2.75) is 33.2 Å². The Labute approximate surface area is 130 Å². The lowest BCUT2D eigenvalue weighted by Crippen LogP contribution is -2.24. The number of nitrogens with zero attached hydrogens (tertiary/aromatic N) is 1. The number of hydrogen-bond acceptors (Lipinski definition) is 2. The maximum absolute atomic E-state index is 14.3.